The largest absolute Gasteiger partial charge is 0.352 e. The van der Waals surface area contributed by atoms with Crippen LogP contribution in [0, 0.1) is 11.7 Å². The van der Waals surface area contributed by atoms with Crippen molar-refractivity contribution < 1.29 is 4.39 Å². The SMILES string of the molecule is CSc1nc(-c2ccccc2F)c2c(n1)N(CC1CC1)CC=C2. The highest BCUT2D eigenvalue weighted by atomic mass is 32.2. The van der Waals surface area contributed by atoms with Gasteiger partial charge in [0, 0.05) is 24.2 Å². The number of benzene rings is 1. The lowest BCUT2D eigenvalue weighted by atomic mass is 10.0. The molecule has 0 bridgehead atoms. The first-order valence-corrected chi connectivity index (χ1v) is 9.11. The number of halogens is 1. The smallest absolute Gasteiger partial charge is 0.189 e. The molecule has 1 aliphatic carbocycles. The standard InChI is InChI=1S/C18H18FN3S/c1-23-18-20-16(13-5-2-3-7-15(13)19)14-6-4-10-22(17(14)21-18)11-12-8-9-12/h2-7,12H,8-11H2,1H3. The fraction of sp³-hybridized carbons (Fsp3) is 0.333. The predicted molar refractivity (Wildman–Crippen MR) is 93.2 cm³/mol. The lowest BCUT2D eigenvalue weighted by molar-refractivity contribution is 0.630. The average molecular weight is 327 g/mol. The van der Waals surface area contributed by atoms with Crippen LogP contribution < -0.4 is 4.90 Å². The normalized spacial score (nSPS) is 16.5. The van der Waals surface area contributed by atoms with Gasteiger partial charge < -0.3 is 4.90 Å². The van der Waals surface area contributed by atoms with Crippen LogP contribution in [0.3, 0.4) is 0 Å². The second-order valence-electron chi connectivity index (χ2n) is 6.03. The maximum absolute atomic E-state index is 14.3. The molecule has 4 rings (SSSR count). The molecule has 23 heavy (non-hydrogen) atoms. The van der Waals surface area contributed by atoms with Crippen molar-refractivity contribution in [2.75, 3.05) is 24.2 Å². The van der Waals surface area contributed by atoms with Crippen molar-refractivity contribution in [2.45, 2.75) is 18.0 Å². The van der Waals surface area contributed by atoms with Gasteiger partial charge >= 0.3 is 0 Å². The molecule has 2 heterocycles. The van der Waals surface area contributed by atoms with Crippen molar-refractivity contribution >= 4 is 23.7 Å². The van der Waals surface area contributed by atoms with Gasteiger partial charge in [-0.05, 0) is 37.1 Å². The number of aromatic nitrogens is 2. The van der Waals surface area contributed by atoms with Crippen LogP contribution in [-0.4, -0.2) is 29.3 Å². The minimum Gasteiger partial charge on any atom is -0.352 e. The van der Waals surface area contributed by atoms with E-state index >= 15 is 0 Å². The van der Waals surface area contributed by atoms with Gasteiger partial charge in [-0.3, -0.25) is 0 Å². The van der Waals surface area contributed by atoms with Crippen molar-refractivity contribution in [3.63, 3.8) is 0 Å². The van der Waals surface area contributed by atoms with Crippen molar-refractivity contribution in [1.29, 1.82) is 0 Å². The Morgan fingerprint density at radius 1 is 1.26 bits per heavy atom. The number of nitrogens with zero attached hydrogens (tertiary/aromatic N) is 3. The van der Waals surface area contributed by atoms with E-state index in [2.05, 4.69) is 16.0 Å². The molecule has 5 heteroatoms. The van der Waals surface area contributed by atoms with Gasteiger partial charge in [-0.25, -0.2) is 14.4 Å². The first-order chi connectivity index (χ1) is 11.3. The number of rotatable bonds is 4. The molecule has 2 aliphatic rings. The number of hydrogen-bond acceptors (Lipinski definition) is 4. The van der Waals surface area contributed by atoms with Crippen LogP contribution in [0.4, 0.5) is 10.2 Å². The topological polar surface area (TPSA) is 29.0 Å². The zero-order valence-electron chi connectivity index (χ0n) is 13.0. The van der Waals surface area contributed by atoms with Crippen LogP contribution in [0.5, 0.6) is 0 Å². The monoisotopic (exact) mass is 327 g/mol. The summed E-state index contributed by atoms with van der Waals surface area (Å²) in [5.74, 6) is 1.48. The average Bonchev–Trinajstić information content (AvgIpc) is 3.39. The molecule has 0 unspecified atom stereocenters. The number of thioether (sulfide) groups is 1. The van der Waals surface area contributed by atoms with Crippen LogP contribution in [0.25, 0.3) is 17.3 Å². The Hall–Kier alpha value is -1.88. The fourth-order valence-corrected chi connectivity index (χ4v) is 3.30. The van der Waals surface area contributed by atoms with Gasteiger partial charge in [-0.2, -0.15) is 0 Å². The highest BCUT2D eigenvalue weighted by Crippen LogP contribution is 2.37. The van der Waals surface area contributed by atoms with E-state index in [1.165, 1.54) is 30.7 Å². The molecule has 1 aliphatic heterocycles. The summed E-state index contributed by atoms with van der Waals surface area (Å²) in [5.41, 5.74) is 2.16. The Balaban J connectivity index is 1.86. The van der Waals surface area contributed by atoms with Gasteiger partial charge in [-0.1, -0.05) is 36.0 Å². The lowest BCUT2D eigenvalue weighted by Crippen LogP contribution is -2.30. The van der Waals surface area contributed by atoms with Crippen LogP contribution in [-0.2, 0) is 0 Å². The number of fused-ring (bicyclic) bond motifs is 1. The predicted octanol–water partition coefficient (Wildman–Crippen LogP) is 4.25. The van der Waals surface area contributed by atoms with E-state index < -0.39 is 0 Å². The molecular weight excluding hydrogens is 309 g/mol. The lowest BCUT2D eigenvalue weighted by Gasteiger charge is -2.28. The highest BCUT2D eigenvalue weighted by molar-refractivity contribution is 7.98. The summed E-state index contributed by atoms with van der Waals surface area (Å²) in [4.78, 5) is 11.6. The second kappa shape index (κ2) is 5.96. The summed E-state index contributed by atoms with van der Waals surface area (Å²) in [6.07, 6.45) is 8.71. The minimum absolute atomic E-state index is 0.242. The Bertz CT molecular complexity index is 771. The van der Waals surface area contributed by atoms with Crippen molar-refractivity contribution in [3.05, 3.63) is 41.7 Å². The Morgan fingerprint density at radius 3 is 2.83 bits per heavy atom. The zero-order valence-corrected chi connectivity index (χ0v) is 13.8. The van der Waals surface area contributed by atoms with Gasteiger partial charge in [-0.15, -0.1) is 0 Å². The molecule has 0 atom stereocenters. The molecule has 118 valence electrons. The molecule has 1 fully saturated rings. The fourth-order valence-electron chi connectivity index (χ4n) is 2.94. The summed E-state index contributed by atoms with van der Waals surface area (Å²) >= 11 is 1.50. The van der Waals surface area contributed by atoms with E-state index in [4.69, 9.17) is 4.98 Å². The van der Waals surface area contributed by atoms with Gasteiger partial charge in [0.05, 0.1) is 5.69 Å². The number of anilines is 1. The molecule has 1 aromatic heterocycles. The summed E-state index contributed by atoms with van der Waals surface area (Å²) < 4.78 is 14.3. The summed E-state index contributed by atoms with van der Waals surface area (Å²) in [7, 11) is 0. The van der Waals surface area contributed by atoms with Gasteiger partial charge in [0.15, 0.2) is 5.16 Å². The molecule has 0 N–H and O–H groups in total. The van der Waals surface area contributed by atoms with Gasteiger partial charge in [0.2, 0.25) is 0 Å². The Morgan fingerprint density at radius 2 is 2.09 bits per heavy atom. The summed E-state index contributed by atoms with van der Waals surface area (Å²) in [6.45, 7) is 1.89. The molecule has 0 spiro atoms. The maximum Gasteiger partial charge on any atom is 0.189 e. The maximum atomic E-state index is 14.3. The van der Waals surface area contributed by atoms with Gasteiger partial charge in [0.1, 0.15) is 11.6 Å². The van der Waals surface area contributed by atoms with E-state index in [0.717, 1.165) is 30.4 Å². The molecule has 2 aromatic rings. The quantitative estimate of drug-likeness (QED) is 0.620. The molecule has 3 nitrogen and oxygen atoms in total. The zero-order chi connectivity index (χ0) is 15.8. The third kappa shape index (κ3) is 2.85. The van der Waals surface area contributed by atoms with E-state index in [1.54, 1.807) is 12.1 Å². The Kier molecular flexibility index (Phi) is 3.81. The minimum atomic E-state index is -0.242. The van der Waals surface area contributed by atoms with Crippen LogP contribution in [0.1, 0.15) is 18.4 Å². The third-order valence-corrected chi connectivity index (χ3v) is 4.85. The van der Waals surface area contributed by atoms with Gasteiger partial charge in [0.25, 0.3) is 0 Å². The highest BCUT2D eigenvalue weighted by Gasteiger charge is 2.28. The summed E-state index contributed by atoms with van der Waals surface area (Å²) in [6, 6.07) is 6.82. The second-order valence-corrected chi connectivity index (χ2v) is 6.80. The number of hydrogen-bond donors (Lipinski definition) is 0. The molecular formula is C18H18FN3S. The van der Waals surface area contributed by atoms with E-state index in [1.807, 2.05) is 18.4 Å². The summed E-state index contributed by atoms with van der Waals surface area (Å²) in [5, 5.41) is 0.693. The first-order valence-electron chi connectivity index (χ1n) is 7.88. The molecule has 0 saturated heterocycles. The van der Waals surface area contributed by atoms with Crippen molar-refractivity contribution in [1.82, 2.24) is 9.97 Å². The van der Waals surface area contributed by atoms with E-state index in [0.29, 0.717) is 16.4 Å². The van der Waals surface area contributed by atoms with Crippen molar-refractivity contribution in [2.24, 2.45) is 5.92 Å². The molecule has 1 aromatic carbocycles. The van der Waals surface area contributed by atoms with Crippen LogP contribution in [0.15, 0.2) is 35.5 Å². The molecule has 0 radical (unpaired) electrons. The Labute approximate surface area is 139 Å². The van der Waals surface area contributed by atoms with Crippen molar-refractivity contribution in [3.8, 4) is 11.3 Å². The van der Waals surface area contributed by atoms with Crippen LogP contribution in [0.2, 0.25) is 0 Å². The van der Waals surface area contributed by atoms with E-state index in [-0.39, 0.29) is 5.82 Å². The molecule has 0 amide bonds. The molecule has 1 saturated carbocycles. The van der Waals surface area contributed by atoms with E-state index in [9.17, 15) is 4.39 Å². The third-order valence-electron chi connectivity index (χ3n) is 4.30. The van der Waals surface area contributed by atoms with Crippen LogP contribution >= 0.6 is 11.8 Å². The first kappa shape index (κ1) is 14.7.